The van der Waals surface area contributed by atoms with Crippen LogP contribution in [0.25, 0.3) is 11.1 Å². The maximum atomic E-state index is 13.4. The number of halogens is 2. The highest BCUT2D eigenvalue weighted by Crippen LogP contribution is 2.48. The SMILES string of the molecule is CC1(C)Cc2ccc(-c3cc(F)cc(F)c3)cc2C1OC(N)=O. The van der Waals surface area contributed by atoms with Crippen LogP contribution in [0.2, 0.25) is 0 Å². The van der Waals surface area contributed by atoms with Crippen LogP contribution in [-0.2, 0) is 11.2 Å². The predicted octanol–water partition coefficient (Wildman–Crippen LogP) is 4.35. The molecular formula is C18H17F2NO2. The van der Waals surface area contributed by atoms with Crippen LogP contribution in [0.15, 0.2) is 36.4 Å². The van der Waals surface area contributed by atoms with E-state index in [0.717, 1.165) is 23.6 Å². The van der Waals surface area contributed by atoms with Gasteiger partial charge in [-0.3, -0.25) is 0 Å². The second-order valence-electron chi connectivity index (χ2n) is 6.55. The van der Waals surface area contributed by atoms with Gasteiger partial charge in [-0.2, -0.15) is 0 Å². The molecule has 3 nitrogen and oxygen atoms in total. The number of hydrogen-bond donors (Lipinski definition) is 1. The minimum Gasteiger partial charge on any atom is -0.441 e. The molecule has 120 valence electrons. The molecule has 2 aromatic carbocycles. The molecule has 0 aromatic heterocycles. The summed E-state index contributed by atoms with van der Waals surface area (Å²) in [7, 11) is 0. The molecule has 1 unspecified atom stereocenters. The number of benzene rings is 2. The van der Waals surface area contributed by atoms with Gasteiger partial charge < -0.3 is 10.5 Å². The quantitative estimate of drug-likeness (QED) is 0.895. The zero-order valence-corrected chi connectivity index (χ0v) is 12.9. The monoisotopic (exact) mass is 317 g/mol. The minimum atomic E-state index is -0.835. The molecule has 0 heterocycles. The molecule has 2 aromatic rings. The molecule has 0 fully saturated rings. The summed E-state index contributed by atoms with van der Waals surface area (Å²) in [5.41, 5.74) is 7.87. The summed E-state index contributed by atoms with van der Waals surface area (Å²) < 4.78 is 32.1. The summed E-state index contributed by atoms with van der Waals surface area (Å²) in [6, 6.07) is 8.91. The molecule has 0 bridgehead atoms. The average Bonchev–Trinajstić information content (AvgIpc) is 2.67. The first-order valence-electron chi connectivity index (χ1n) is 7.32. The molecule has 1 atom stereocenters. The Kier molecular flexibility index (Phi) is 3.59. The standard InChI is InChI=1S/C18H17F2NO2/c1-18(2)9-11-4-3-10(7-15(11)16(18)23-17(21)22)12-5-13(19)8-14(20)6-12/h3-8,16H,9H2,1-2H3,(H2,21,22). The van der Waals surface area contributed by atoms with Crippen molar-refractivity contribution in [2.24, 2.45) is 11.1 Å². The molecule has 0 spiro atoms. The second-order valence-corrected chi connectivity index (χ2v) is 6.55. The third-order valence-electron chi connectivity index (χ3n) is 4.21. The van der Waals surface area contributed by atoms with Gasteiger partial charge in [0.15, 0.2) is 0 Å². The van der Waals surface area contributed by atoms with Crippen LogP contribution >= 0.6 is 0 Å². The zero-order valence-electron chi connectivity index (χ0n) is 12.9. The number of rotatable bonds is 2. The lowest BCUT2D eigenvalue weighted by Crippen LogP contribution is -2.25. The van der Waals surface area contributed by atoms with Gasteiger partial charge in [-0.05, 0) is 46.9 Å². The Labute approximate surface area is 133 Å². The molecule has 23 heavy (non-hydrogen) atoms. The van der Waals surface area contributed by atoms with Crippen LogP contribution in [0.3, 0.4) is 0 Å². The molecule has 0 radical (unpaired) electrons. The van der Waals surface area contributed by atoms with Crippen molar-refractivity contribution in [1.29, 1.82) is 0 Å². The molecule has 1 amide bonds. The van der Waals surface area contributed by atoms with Gasteiger partial charge in [-0.25, -0.2) is 13.6 Å². The van der Waals surface area contributed by atoms with Gasteiger partial charge in [0.2, 0.25) is 0 Å². The van der Waals surface area contributed by atoms with E-state index in [4.69, 9.17) is 10.5 Å². The summed E-state index contributed by atoms with van der Waals surface area (Å²) in [6.45, 7) is 3.98. The molecular weight excluding hydrogens is 300 g/mol. The highest BCUT2D eigenvalue weighted by Gasteiger charge is 2.41. The fourth-order valence-electron chi connectivity index (χ4n) is 3.24. The zero-order chi connectivity index (χ0) is 16.8. The summed E-state index contributed by atoms with van der Waals surface area (Å²) in [6.07, 6.45) is -0.579. The Morgan fingerprint density at radius 3 is 2.39 bits per heavy atom. The first-order chi connectivity index (χ1) is 10.8. The molecule has 1 aliphatic rings. The largest absolute Gasteiger partial charge is 0.441 e. The van der Waals surface area contributed by atoms with Crippen molar-refractivity contribution in [2.45, 2.75) is 26.4 Å². The molecule has 5 heteroatoms. The van der Waals surface area contributed by atoms with Crippen LogP contribution in [-0.4, -0.2) is 6.09 Å². The Balaban J connectivity index is 2.07. The van der Waals surface area contributed by atoms with Crippen molar-refractivity contribution < 1.29 is 18.3 Å². The van der Waals surface area contributed by atoms with Crippen LogP contribution in [0.4, 0.5) is 13.6 Å². The van der Waals surface area contributed by atoms with Crippen molar-refractivity contribution in [2.75, 3.05) is 0 Å². The molecule has 3 rings (SSSR count). The van der Waals surface area contributed by atoms with Gasteiger partial charge in [0.05, 0.1) is 0 Å². The van der Waals surface area contributed by atoms with E-state index in [0.29, 0.717) is 11.1 Å². The molecule has 0 saturated carbocycles. The number of hydrogen-bond acceptors (Lipinski definition) is 2. The lowest BCUT2D eigenvalue weighted by molar-refractivity contribution is 0.0392. The van der Waals surface area contributed by atoms with Gasteiger partial charge in [-0.15, -0.1) is 0 Å². The normalized spacial score (nSPS) is 18.5. The molecule has 0 aliphatic heterocycles. The molecule has 1 aliphatic carbocycles. The number of amides is 1. The average molecular weight is 317 g/mol. The fourth-order valence-corrected chi connectivity index (χ4v) is 3.24. The Morgan fingerprint density at radius 1 is 1.13 bits per heavy atom. The van der Waals surface area contributed by atoms with E-state index < -0.39 is 23.8 Å². The first-order valence-corrected chi connectivity index (χ1v) is 7.32. The first kappa shape index (κ1) is 15.5. The lowest BCUT2D eigenvalue weighted by atomic mass is 9.87. The van der Waals surface area contributed by atoms with E-state index in [-0.39, 0.29) is 5.41 Å². The summed E-state index contributed by atoms with van der Waals surface area (Å²) in [5, 5.41) is 0. The van der Waals surface area contributed by atoms with Crippen molar-refractivity contribution in [3.63, 3.8) is 0 Å². The fraction of sp³-hybridized carbons (Fsp3) is 0.278. The van der Waals surface area contributed by atoms with Gasteiger partial charge in [0, 0.05) is 11.5 Å². The topological polar surface area (TPSA) is 52.3 Å². The predicted molar refractivity (Wildman–Crippen MR) is 82.7 cm³/mol. The lowest BCUT2D eigenvalue weighted by Gasteiger charge is -2.26. The summed E-state index contributed by atoms with van der Waals surface area (Å²) >= 11 is 0. The highest BCUT2D eigenvalue weighted by atomic mass is 19.1. The Hall–Kier alpha value is -2.43. The van der Waals surface area contributed by atoms with E-state index in [1.165, 1.54) is 12.1 Å². The molecule has 0 saturated heterocycles. The van der Waals surface area contributed by atoms with Crippen molar-refractivity contribution in [3.05, 3.63) is 59.2 Å². The number of carbonyl (C=O) groups is 1. The Morgan fingerprint density at radius 2 is 1.78 bits per heavy atom. The highest BCUT2D eigenvalue weighted by molar-refractivity contribution is 5.68. The number of fused-ring (bicyclic) bond motifs is 1. The number of nitrogens with two attached hydrogens (primary N) is 1. The van der Waals surface area contributed by atoms with Crippen LogP contribution < -0.4 is 5.73 Å². The number of ether oxygens (including phenoxy) is 1. The van der Waals surface area contributed by atoms with Crippen LogP contribution in [0.5, 0.6) is 0 Å². The van der Waals surface area contributed by atoms with Crippen LogP contribution in [0, 0.1) is 17.0 Å². The minimum absolute atomic E-state index is 0.289. The maximum Gasteiger partial charge on any atom is 0.405 e. The number of carbonyl (C=O) groups excluding carboxylic acids is 1. The van der Waals surface area contributed by atoms with Crippen LogP contribution in [0.1, 0.15) is 31.1 Å². The molecule has 2 N–H and O–H groups in total. The summed E-state index contributed by atoms with van der Waals surface area (Å²) in [5.74, 6) is -1.27. The van der Waals surface area contributed by atoms with E-state index in [1.54, 1.807) is 0 Å². The van der Waals surface area contributed by atoms with E-state index >= 15 is 0 Å². The van der Waals surface area contributed by atoms with Gasteiger partial charge >= 0.3 is 6.09 Å². The maximum absolute atomic E-state index is 13.4. The van der Waals surface area contributed by atoms with Gasteiger partial charge in [0.25, 0.3) is 0 Å². The van der Waals surface area contributed by atoms with E-state index in [2.05, 4.69) is 0 Å². The Bertz CT molecular complexity index is 766. The second kappa shape index (κ2) is 5.33. The van der Waals surface area contributed by atoms with Gasteiger partial charge in [-0.1, -0.05) is 26.0 Å². The van der Waals surface area contributed by atoms with E-state index in [1.807, 2.05) is 32.0 Å². The van der Waals surface area contributed by atoms with Crippen molar-refractivity contribution in [1.82, 2.24) is 0 Å². The summed E-state index contributed by atoms with van der Waals surface area (Å²) in [4.78, 5) is 11.2. The third kappa shape index (κ3) is 2.91. The van der Waals surface area contributed by atoms with E-state index in [9.17, 15) is 13.6 Å². The number of primary amides is 1. The smallest absolute Gasteiger partial charge is 0.405 e. The van der Waals surface area contributed by atoms with Crippen molar-refractivity contribution in [3.8, 4) is 11.1 Å². The van der Waals surface area contributed by atoms with Crippen molar-refractivity contribution >= 4 is 6.09 Å². The third-order valence-corrected chi connectivity index (χ3v) is 4.21. The van der Waals surface area contributed by atoms with Gasteiger partial charge in [0.1, 0.15) is 17.7 Å².